The first-order chi connectivity index (χ1) is 9.35. The average Bonchev–Trinajstić information content (AvgIpc) is 2.48. The fourth-order valence-electron chi connectivity index (χ4n) is 1.56. The smallest absolute Gasteiger partial charge is 0.524 e. The van der Waals surface area contributed by atoms with Crippen LogP contribution in [0.25, 0.3) is 0 Å². The summed E-state index contributed by atoms with van der Waals surface area (Å²) in [5, 5.41) is 0. The molecule has 0 saturated heterocycles. The van der Waals surface area contributed by atoms with Crippen LogP contribution in [0, 0.1) is 0 Å². The van der Waals surface area contributed by atoms with Crippen LogP contribution in [0.2, 0.25) is 0 Å². The Bertz CT molecular complexity index is 483. The summed E-state index contributed by atoms with van der Waals surface area (Å²) in [6.07, 6.45) is 0. The lowest BCUT2D eigenvalue weighted by atomic mass is 10.2. The van der Waals surface area contributed by atoms with E-state index in [4.69, 9.17) is 18.8 Å². The molecule has 0 spiro atoms. The van der Waals surface area contributed by atoms with Crippen molar-refractivity contribution >= 4 is 7.69 Å². The summed E-state index contributed by atoms with van der Waals surface area (Å²) in [6, 6.07) is 14.7. The summed E-state index contributed by atoms with van der Waals surface area (Å²) in [6.45, 7) is 0. The third-order valence-electron chi connectivity index (χ3n) is 2.49. The zero-order valence-corrected chi connectivity index (χ0v) is 10.8. The van der Waals surface area contributed by atoms with Crippen LogP contribution in [0.4, 0.5) is 0 Å². The van der Waals surface area contributed by atoms with Gasteiger partial charge in [-0.1, -0.05) is 24.3 Å². The Labute approximate surface area is 113 Å². The Hall–Kier alpha value is -2.30. The lowest BCUT2D eigenvalue weighted by molar-refractivity contribution is 0.370. The number of hydrogen-bond acceptors (Lipinski definition) is 4. The van der Waals surface area contributed by atoms with E-state index in [0.29, 0.717) is 23.0 Å². The Balaban J connectivity index is 1.96. The van der Waals surface area contributed by atoms with Gasteiger partial charge >= 0.3 is 7.69 Å². The number of rotatable bonds is 6. The highest BCUT2D eigenvalue weighted by Crippen LogP contribution is 2.27. The fourth-order valence-corrected chi connectivity index (χ4v) is 1.56. The Morgan fingerprint density at radius 1 is 0.632 bits per heavy atom. The fraction of sp³-hybridized carbons (Fsp3) is 0.143. The van der Waals surface area contributed by atoms with E-state index in [-0.39, 0.29) is 0 Å². The third kappa shape index (κ3) is 3.34. The number of ether oxygens (including phenoxy) is 2. The van der Waals surface area contributed by atoms with Gasteiger partial charge in [-0.15, -0.1) is 0 Å². The Morgan fingerprint density at radius 3 is 1.37 bits per heavy atom. The zero-order chi connectivity index (χ0) is 13.5. The molecule has 0 saturated carbocycles. The van der Waals surface area contributed by atoms with Crippen molar-refractivity contribution in [2.75, 3.05) is 14.2 Å². The van der Waals surface area contributed by atoms with E-state index < -0.39 is 0 Å². The van der Waals surface area contributed by atoms with Gasteiger partial charge in [-0.3, -0.25) is 0 Å². The molecule has 2 rings (SSSR count). The van der Waals surface area contributed by atoms with Crippen LogP contribution in [0.5, 0.6) is 23.0 Å². The quantitative estimate of drug-likeness (QED) is 0.745. The molecule has 0 aliphatic rings. The van der Waals surface area contributed by atoms with Gasteiger partial charge in [0, 0.05) is 0 Å². The topological polar surface area (TPSA) is 36.9 Å². The standard InChI is InChI=1S/C14H14BO4/c1-16-11-7-3-5-9-13(11)18-15-19-14-10-6-4-8-12(14)17-2/h3-10H,1-2H3. The van der Waals surface area contributed by atoms with E-state index in [1.807, 2.05) is 36.4 Å². The van der Waals surface area contributed by atoms with E-state index in [0.717, 1.165) is 0 Å². The molecule has 0 heterocycles. The van der Waals surface area contributed by atoms with Gasteiger partial charge < -0.3 is 18.8 Å². The minimum atomic E-state index is 0.583. The van der Waals surface area contributed by atoms with E-state index in [1.165, 1.54) is 7.69 Å². The highest BCUT2D eigenvalue weighted by molar-refractivity contribution is 6.21. The summed E-state index contributed by atoms with van der Waals surface area (Å²) < 4.78 is 21.1. The molecular formula is C14H14BO4. The number of benzene rings is 2. The van der Waals surface area contributed by atoms with Gasteiger partial charge in [0.25, 0.3) is 0 Å². The van der Waals surface area contributed by atoms with Crippen molar-refractivity contribution < 1.29 is 18.8 Å². The molecule has 0 bridgehead atoms. The Kier molecular flexibility index (Phi) is 4.56. The predicted molar refractivity (Wildman–Crippen MR) is 73.0 cm³/mol. The molecule has 2 aromatic carbocycles. The maximum absolute atomic E-state index is 5.40. The van der Waals surface area contributed by atoms with Crippen LogP contribution in [0.15, 0.2) is 48.5 Å². The van der Waals surface area contributed by atoms with Crippen molar-refractivity contribution in [1.82, 2.24) is 0 Å². The summed E-state index contributed by atoms with van der Waals surface area (Å²) in [4.78, 5) is 0. The summed E-state index contributed by atoms with van der Waals surface area (Å²) in [5.41, 5.74) is 0. The SMILES string of the molecule is COc1ccccc1O[B]Oc1ccccc1OC. The number of hydrogen-bond donors (Lipinski definition) is 0. The number of para-hydroxylation sites is 4. The molecule has 0 N–H and O–H groups in total. The largest absolute Gasteiger partial charge is 0.658 e. The van der Waals surface area contributed by atoms with Crippen molar-refractivity contribution in [2.24, 2.45) is 0 Å². The van der Waals surface area contributed by atoms with Gasteiger partial charge in [0.1, 0.15) is 11.5 Å². The van der Waals surface area contributed by atoms with Crippen LogP contribution >= 0.6 is 0 Å². The predicted octanol–water partition coefficient (Wildman–Crippen LogP) is 2.70. The lowest BCUT2D eigenvalue weighted by Crippen LogP contribution is -2.12. The van der Waals surface area contributed by atoms with E-state index in [1.54, 1.807) is 26.4 Å². The maximum atomic E-state index is 5.40. The molecule has 5 heteroatoms. The van der Waals surface area contributed by atoms with Crippen molar-refractivity contribution in [1.29, 1.82) is 0 Å². The molecule has 0 aromatic heterocycles. The highest BCUT2D eigenvalue weighted by Gasteiger charge is 2.08. The first-order valence-corrected chi connectivity index (χ1v) is 5.76. The second kappa shape index (κ2) is 6.59. The highest BCUT2D eigenvalue weighted by atomic mass is 16.6. The minimum Gasteiger partial charge on any atom is -0.524 e. The van der Waals surface area contributed by atoms with Gasteiger partial charge in [0.2, 0.25) is 0 Å². The minimum absolute atomic E-state index is 0.583. The van der Waals surface area contributed by atoms with Gasteiger partial charge in [0.15, 0.2) is 11.5 Å². The van der Waals surface area contributed by atoms with Gasteiger partial charge in [0.05, 0.1) is 14.2 Å². The van der Waals surface area contributed by atoms with Crippen LogP contribution in [-0.4, -0.2) is 21.9 Å². The van der Waals surface area contributed by atoms with Crippen LogP contribution < -0.4 is 18.8 Å². The van der Waals surface area contributed by atoms with E-state index >= 15 is 0 Å². The molecule has 97 valence electrons. The maximum Gasteiger partial charge on any atom is 0.658 e. The second-order valence-electron chi connectivity index (χ2n) is 3.63. The summed E-state index contributed by atoms with van der Waals surface area (Å²) in [7, 11) is 4.42. The van der Waals surface area contributed by atoms with Crippen LogP contribution in [0.3, 0.4) is 0 Å². The summed E-state index contributed by atoms with van der Waals surface area (Å²) >= 11 is 0. The number of methoxy groups -OCH3 is 2. The van der Waals surface area contributed by atoms with Crippen LogP contribution in [-0.2, 0) is 0 Å². The van der Waals surface area contributed by atoms with Crippen molar-refractivity contribution in [3.63, 3.8) is 0 Å². The molecule has 4 nitrogen and oxygen atoms in total. The lowest BCUT2D eigenvalue weighted by Gasteiger charge is -2.11. The van der Waals surface area contributed by atoms with Gasteiger partial charge in [-0.25, -0.2) is 0 Å². The first kappa shape index (κ1) is 13.1. The molecule has 0 atom stereocenters. The molecular weight excluding hydrogens is 243 g/mol. The molecule has 0 aliphatic carbocycles. The molecule has 0 aliphatic heterocycles. The first-order valence-electron chi connectivity index (χ1n) is 5.76. The monoisotopic (exact) mass is 257 g/mol. The molecule has 0 unspecified atom stereocenters. The average molecular weight is 257 g/mol. The third-order valence-corrected chi connectivity index (χ3v) is 2.49. The van der Waals surface area contributed by atoms with E-state index in [9.17, 15) is 0 Å². The van der Waals surface area contributed by atoms with Crippen LogP contribution in [0.1, 0.15) is 0 Å². The van der Waals surface area contributed by atoms with E-state index in [2.05, 4.69) is 0 Å². The molecule has 1 radical (unpaired) electrons. The summed E-state index contributed by atoms with van der Waals surface area (Å²) in [5.74, 6) is 2.45. The van der Waals surface area contributed by atoms with Crippen molar-refractivity contribution in [3.8, 4) is 23.0 Å². The van der Waals surface area contributed by atoms with Gasteiger partial charge in [-0.2, -0.15) is 0 Å². The van der Waals surface area contributed by atoms with Crippen molar-refractivity contribution in [2.45, 2.75) is 0 Å². The normalized spacial score (nSPS) is 9.58. The molecule has 0 fully saturated rings. The molecule has 19 heavy (non-hydrogen) atoms. The Morgan fingerprint density at radius 2 is 1.00 bits per heavy atom. The molecule has 0 amide bonds. The molecule has 2 aromatic rings. The van der Waals surface area contributed by atoms with Crippen molar-refractivity contribution in [3.05, 3.63) is 48.5 Å². The zero-order valence-electron chi connectivity index (χ0n) is 10.8. The van der Waals surface area contributed by atoms with Gasteiger partial charge in [-0.05, 0) is 24.3 Å². The second-order valence-corrected chi connectivity index (χ2v) is 3.63.